The predicted molar refractivity (Wildman–Crippen MR) is 112 cm³/mol. The second-order valence-electron chi connectivity index (χ2n) is 6.39. The molecule has 4 aromatic rings. The van der Waals surface area contributed by atoms with E-state index in [2.05, 4.69) is 84.4 Å². The summed E-state index contributed by atoms with van der Waals surface area (Å²) in [6, 6.07) is 23.2. The molecule has 4 rings (SSSR count). The quantitative estimate of drug-likeness (QED) is 0.448. The van der Waals surface area contributed by atoms with Gasteiger partial charge in [0, 0.05) is 21.8 Å². The van der Waals surface area contributed by atoms with Gasteiger partial charge in [-0.1, -0.05) is 35.9 Å². The standard InChI is InChI=1S/C22H21N3S/c1-15-7-11-18(12-8-15)23-22-21(17-9-13-19(26-3)14-10-17)24-20-6-4-5-16(2)25(20)22/h4-14,23H,1-3H3. The molecule has 2 aromatic carbocycles. The second-order valence-corrected chi connectivity index (χ2v) is 7.27. The van der Waals surface area contributed by atoms with E-state index < -0.39 is 0 Å². The summed E-state index contributed by atoms with van der Waals surface area (Å²) in [6.45, 7) is 4.20. The van der Waals surface area contributed by atoms with Gasteiger partial charge in [0.2, 0.25) is 0 Å². The topological polar surface area (TPSA) is 29.3 Å². The normalized spacial score (nSPS) is 11.0. The van der Waals surface area contributed by atoms with Gasteiger partial charge in [0.05, 0.1) is 0 Å². The molecule has 3 nitrogen and oxygen atoms in total. The van der Waals surface area contributed by atoms with Crippen molar-refractivity contribution in [3.05, 3.63) is 78.0 Å². The molecule has 0 aliphatic rings. The van der Waals surface area contributed by atoms with Crippen molar-refractivity contribution in [3.8, 4) is 11.3 Å². The molecular weight excluding hydrogens is 338 g/mol. The van der Waals surface area contributed by atoms with Crippen LogP contribution in [0.3, 0.4) is 0 Å². The third kappa shape index (κ3) is 3.08. The minimum Gasteiger partial charge on any atom is -0.339 e. The van der Waals surface area contributed by atoms with Gasteiger partial charge in [-0.3, -0.25) is 4.40 Å². The van der Waals surface area contributed by atoms with Gasteiger partial charge in [0.1, 0.15) is 17.2 Å². The molecule has 0 fully saturated rings. The first-order chi connectivity index (χ1) is 12.7. The fourth-order valence-electron chi connectivity index (χ4n) is 3.09. The monoisotopic (exact) mass is 359 g/mol. The third-order valence-corrected chi connectivity index (χ3v) is 5.26. The van der Waals surface area contributed by atoms with Crippen LogP contribution < -0.4 is 5.32 Å². The molecule has 0 radical (unpaired) electrons. The molecule has 0 aliphatic heterocycles. The van der Waals surface area contributed by atoms with E-state index in [1.165, 1.54) is 10.5 Å². The van der Waals surface area contributed by atoms with E-state index in [4.69, 9.17) is 4.98 Å². The molecule has 0 saturated carbocycles. The van der Waals surface area contributed by atoms with Crippen LogP contribution in [-0.4, -0.2) is 15.6 Å². The van der Waals surface area contributed by atoms with Crippen molar-refractivity contribution in [1.82, 2.24) is 9.38 Å². The Morgan fingerprint density at radius 3 is 2.31 bits per heavy atom. The summed E-state index contributed by atoms with van der Waals surface area (Å²) < 4.78 is 2.18. The van der Waals surface area contributed by atoms with Crippen molar-refractivity contribution in [3.63, 3.8) is 0 Å². The van der Waals surface area contributed by atoms with E-state index in [1.54, 1.807) is 11.8 Å². The van der Waals surface area contributed by atoms with Gasteiger partial charge in [-0.2, -0.15) is 0 Å². The lowest BCUT2D eigenvalue weighted by atomic mass is 10.1. The first kappa shape index (κ1) is 16.7. The first-order valence-electron chi connectivity index (χ1n) is 8.62. The average Bonchev–Trinajstić information content (AvgIpc) is 3.03. The summed E-state index contributed by atoms with van der Waals surface area (Å²) in [6.07, 6.45) is 2.09. The van der Waals surface area contributed by atoms with Crippen molar-refractivity contribution in [1.29, 1.82) is 0 Å². The van der Waals surface area contributed by atoms with Gasteiger partial charge in [-0.15, -0.1) is 11.8 Å². The molecule has 0 aliphatic carbocycles. The van der Waals surface area contributed by atoms with E-state index in [9.17, 15) is 0 Å². The largest absolute Gasteiger partial charge is 0.339 e. The van der Waals surface area contributed by atoms with Crippen LogP contribution in [0.25, 0.3) is 16.9 Å². The molecule has 0 spiro atoms. The number of thioether (sulfide) groups is 1. The van der Waals surface area contributed by atoms with Crippen molar-refractivity contribution < 1.29 is 0 Å². The molecule has 4 heteroatoms. The van der Waals surface area contributed by atoms with Crippen molar-refractivity contribution >= 4 is 28.9 Å². The maximum absolute atomic E-state index is 4.91. The predicted octanol–water partition coefficient (Wildman–Crippen LogP) is 6.08. The van der Waals surface area contributed by atoms with Gasteiger partial charge in [-0.05, 0) is 56.5 Å². The number of nitrogens with zero attached hydrogens (tertiary/aromatic N) is 2. The van der Waals surface area contributed by atoms with E-state index >= 15 is 0 Å². The smallest absolute Gasteiger partial charge is 0.143 e. The highest BCUT2D eigenvalue weighted by atomic mass is 32.2. The number of aryl methyl sites for hydroxylation is 2. The number of anilines is 2. The zero-order chi connectivity index (χ0) is 18.1. The molecule has 130 valence electrons. The maximum atomic E-state index is 4.91. The Morgan fingerprint density at radius 2 is 1.62 bits per heavy atom. The number of benzene rings is 2. The number of rotatable bonds is 4. The van der Waals surface area contributed by atoms with Crippen LogP contribution in [0.15, 0.2) is 71.6 Å². The fourth-order valence-corrected chi connectivity index (χ4v) is 3.50. The Balaban J connectivity index is 1.88. The van der Waals surface area contributed by atoms with E-state index in [-0.39, 0.29) is 0 Å². The van der Waals surface area contributed by atoms with Crippen LogP contribution in [0, 0.1) is 13.8 Å². The van der Waals surface area contributed by atoms with Crippen LogP contribution in [0.1, 0.15) is 11.3 Å². The SMILES string of the molecule is CSc1ccc(-c2nc3cccc(C)n3c2Nc2ccc(C)cc2)cc1. The summed E-state index contributed by atoms with van der Waals surface area (Å²) >= 11 is 1.75. The molecule has 2 aromatic heterocycles. The minimum absolute atomic E-state index is 0.948. The van der Waals surface area contributed by atoms with Gasteiger partial charge in [-0.25, -0.2) is 4.98 Å². The zero-order valence-corrected chi connectivity index (χ0v) is 16.0. The molecule has 0 bridgehead atoms. The third-order valence-electron chi connectivity index (χ3n) is 4.52. The molecule has 0 amide bonds. The van der Waals surface area contributed by atoms with Crippen LogP contribution in [-0.2, 0) is 0 Å². The minimum atomic E-state index is 0.948. The van der Waals surface area contributed by atoms with E-state index in [0.717, 1.165) is 34.1 Å². The Hall–Kier alpha value is -2.72. The zero-order valence-electron chi connectivity index (χ0n) is 15.2. The van der Waals surface area contributed by atoms with Crippen LogP contribution in [0.4, 0.5) is 11.5 Å². The maximum Gasteiger partial charge on any atom is 0.143 e. The summed E-state index contributed by atoms with van der Waals surface area (Å²) in [5.74, 6) is 0.999. The Labute approximate surface area is 158 Å². The van der Waals surface area contributed by atoms with Gasteiger partial charge in [0.15, 0.2) is 0 Å². The lowest BCUT2D eigenvalue weighted by Gasteiger charge is -2.11. The fraction of sp³-hybridized carbons (Fsp3) is 0.136. The number of pyridine rings is 1. The highest BCUT2D eigenvalue weighted by molar-refractivity contribution is 7.98. The summed E-state index contributed by atoms with van der Waals surface area (Å²) in [4.78, 5) is 6.16. The van der Waals surface area contributed by atoms with Crippen LogP contribution >= 0.6 is 11.8 Å². The van der Waals surface area contributed by atoms with E-state index in [1.807, 2.05) is 12.1 Å². The number of hydrogen-bond donors (Lipinski definition) is 1. The van der Waals surface area contributed by atoms with Gasteiger partial charge >= 0.3 is 0 Å². The molecule has 0 atom stereocenters. The highest BCUT2D eigenvalue weighted by Crippen LogP contribution is 2.33. The van der Waals surface area contributed by atoms with Gasteiger partial charge < -0.3 is 5.32 Å². The van der Waals surface area contributed by atoms with Crippen LogP contribution in [0.5, 0.6) is 0 Å². The number of hydrogen-bond acceptors (Lipinski definition) is 3. The molecule has 0 unspecified atom stereocenters. The molecule has 0 saturated heterocycles. The number of fused-ring (bicyclic) bond motifs is 1. The van der Waals surface area contributed by atoms with Crippen molar-refractivity contribution in [2.24, 2.45) is 0 Å². The van der Waals surface area contributed by atoms with Crippen LogP contribution in [0.2, 0.25) is 0 Å². The lowest BCUT2D eigenvalue weighted by molar-refractivity contribution is 1.10. The highest BCUT2D eigenvalue weighted by Gasteiger charge is 2.15. The Bertz CT molecular complexity index is 1050. The molecule has 26 heavy (non-hydrogen) atoms. The summed E-state index contributed by atoms with van der Waals surface area (Å²) in [7, 11) is 0. The number of nitrogens with one attached hydrogen (secondary N) is 1. The Morgan fingerprint density at radius 1 is 0.885 bits per heavy atom. The van der Waals surface area contributed by atoms with Crippen molar-refractivity contribution in [2.45, 2.75) is 18.7 Å². The number of aromatic nitrogens is 2. The molecule has 1 N–H and O–H groups in total. The second kappa shape index (κ2) is 6.89. The molecular formula is C22H21N3S. The first-order valence-corrected chi connectivity index (χ1v) is 9.84. The molecule has 2 heterocycles. The number of imidazole rings is 1. The Kier molecular flexibility index (Phi) is 4.43. The summed E-state index contributed by atoms with van der Waals surface area (Å²) in [5, 5.41) is 3.59. The van der Waals surface area contributed by atoms with E-state index in [0.29, 0.717) is 0 Å². The van der Waals surface area contributed by atoms with Gasteiger partial charge in [0.25, 0.3) is 0 Å². The lowest BCUT2D eigenvalue weighted by Crippen LogP contribution is -1.99. The van der Waals surface area contributed by atoms with Crippen molar-refractivity contribution in [2.75, 3.05) is 11.6 Å². The summed E-state index contributed by atoms with van der Waals surface area (Å²) in [5.41, 5.74) is 6.48. The average molecular weight is 359 g/mol.